The van der Waals surface area contributed by atoms with E-state index >= 15 is 0 Å². The normalized spacial score (nSPS) is 15.0. The summed E-state index contributed by atoms with van der Waals surface area (Å²) in [5.74, 6) is -0.860. The van der Waals surface area contributed by atoms with Gasteiger partial charge in [-0.2, -0.15) is 0 Å². The molecular formula is C31H26N6O4S. The number of para-hydroxylation sites is 1. The highest BCUT2D eigenvalue weighted by Crippen LogP contribution is 2.34. The smallest absolute Gasteiger partial charge is 0.262 e. The van der Waals surface area contributed by atoms with Crippen LogP contribution in [0.3, 0.4) is 0 Å². The summed E-state index contributed by atoms with van der Waals surface area (Å²) in [6.07, 6.45) is 3.86. The molecule has 0 radical (unpaired) electrons. The molecule has 1 atom stereocenters. The van der Waals surface area contributed by atoms with Crippen LogP contribution >= 0.6 is 11.3 Å². The number of pyridine rings is 1. The Bertz CT molecular complexity index is 1910. The van der Waals surface area contributed by atoms with Gasteiger partial charge in [-0.25, -0.2) is 9.97 Å². The van der Waals surface area contributed by atoms with E-state index in [-0.39, 0.29) is 36.5 Å². The average Bonchev–Trinajstić information content (AvgIpc) is 3.39. The number of nitrogens with zero attached hydrogens (tertiary/aromatic N) is 4. The second-order valence-electron chi connectivity index (χ2n) is 10.1. The van der Waals surface area contributed by atoms with Crippen molar-refractivity contribution in [2.45, 2.75) is 39.2 Å². The van der Waals surface area contributed by atoms with Gasteiger partial charge in [0.15, 0.2) is 0 Å². The molecule has 1 saturated heterocycles. The van der Waals surface area contributed by atoms with Crippen LogP contribution in [0.5, 0.6) is 0 Å². The van der Waals surface area contributed by atoms with Crippen molar-refractivity contribution in [2.24, 2.45) is 0 Å². The van der Waals surface area contributed by atoms with Gasteiger partial charge >= 0.3 is 0 Å². The van der Waals surface area contributed by atoms with Gasteiger partial charge in [-0.1, -0.05) is 35.9 Å². The molecule has 1 fully saturated rings. The predicted octanol–water partition coefficient (Wildman–Crippen LogP) is 4.36. The maximum absolute atomic E-state index is 13.5. The SMILES string of the molecule is Cc1ccc(-c2nc(-c3cccnc3)sc2CC(=O)Nc2cccc3c(=O)n(C4CCC(=O)NC4=O)c(C)nc23)cc1. The quantitative estimate of drug-likeness (QED) is 0.286. The van der Waals surface area contributed by atoms with Crippen LogP contribution in [-0.4, -0.2) is 37.2 Å². The number of amides is 3. The van der Waals surface area contributed by atoms with E-state index in [1.165, 1.54) is 15.9 Å². The summed E-state index contributed by atoms with van der Waals surface area (Å²) in [6.45, 7) is 3.65. The van der Waals surface area contributed by atoms with Gasteiger partial charge in [-0.05, 0) is 44.5 Å². The number of benzene rings is 2. The highest BCUT2D eigenvalue weighted by atomic mass is 32.1. The molecule has 1 aliphatic heterocycles. The van der Waals surface area contributed by atoms with E-state index in [1.807, 2.05) is 43.3 Å². The summed E-state index contributed by atoms with van der Waals surface area (Å²) in [5, 5.41) is 6.25. The number of aryl methyl sites for hydroxylation is 2. The molecular weight excluding hydrogens is 552 g/mol. The summed E-state index contributed by atoms with van der Waals surface area (Å²) in [5.41, 5.74) is 3.94. The van der Waals surface area contributed by atoms with Crippen LogP contribution in [0, 0.1) is 13.8 Å². The van der Waals surface area contributed by atoms with Crippen molar-refractivity contribution in [3.8, 4) is 21.8 Å². The van der Waals surface area contributed by atoms with Crippen molar-refractivity contribution in [3.63, 3.8) is 0 Å². The monoisotopic (exact) mass is 578 g/mol. The molecule has 0 spiro atoms. The highest BCUT2D eigenvalue weighted by molar-refractivity contribution is 7.15. The fourth-order valence-corrected chi connectivity index (χ4v) is 6.16. The van der Waals surface area contributed by atoms with Crippen molar-refractivity contribution in [2.75, 3.05) is 5.32 Å². The lowest BCUT2D eigenvalue weighted by Gasteiger charge is -2.24. The Labute approximate surface area is 244 Å². The fraction of sp³-hybridized carbons (Fsp3) is 0.194. The molecule has 3 amide bonds. The van der Waals surface area contributed by atoms with E-state index in [9.17, 15) is 19.2 Å². The van der Waals surface area contributed by atoms with Gasteiger partial charge in [0.05, 0.1) is 23.2 Å². The number of hydrogen-bond acceptors (Lipinski definition) is 8. The molecule has 0 bridgehead atoms. The van der Waals surface area contributed by atoms with Crippen LogP contribution in [-0.2, 0) is 20.8 Å². The first-order valence-corrected chi connectivity index (χ1v) is 14.2. The second-order valence-corrected chi connectivity index (χ2v) is 11.2. The molecule has 0 aliphatic carbocycles. The van der Waals surface area contributed by atoms with Crippen LogP contribution in [0.2, 0.25) is 0 Å². The molecule has 42 heavy (non-hydrogen) atoms. The first kappa shape index (κ1) is 27.2. The summed E-state index contributed by atoms with van der Waals surface area (Å²) >= 11 is 1.43. The fourth-order valence-electron chi connectivity index (χ4n) is 5.09. The molecule has 6 rings (SSSR count). The molecule has 11 heteroatoms. The van der Waals surface area contributed by atoms with Crippen molar-refractivity contribution >= 4 is 45.6 Å². The maximum Gasteiger partial charge on any atom is 0.262 e. The zero-order valence-electron chi connectivity index (χ0n) is 22.9. The van der Waals surface area contributed by atoms with Crippen LogP contribution in [0.25, 0.3) is 32.7 Å². The molecule has 2 aromatic carbocycles. The van der Waals surface area contributed by atoms with Gasteiger partial charge in [-0.3, -0.25) is 34.0 Å². The third-order valence-electron chi connectivity index (χ3n) is 7.16. The minimum absolute atomic E-state index is 0.0594. The van der Waals surface area contributed by atoms with E-state index in [1.54, 1.807) is 37.5 Å². The van der Waals surface area contributed by atoms with Crippen molar-refractivity contribution < 1.29 is 14.4 Å². The van der Waals surface area contributed by atoms with Gasteiger partial charge in [0, 0.05) is 34.8 Å². The third kappa shape index (κ3) is 5.21. The first-order valence-electron chi connectivity index (χ1n) is 13.4. The summed E-state index contributed by atoms with van der Waals surface area (Å²) in [7, 11) is 0. The predicted molar refractivity (Wildman–Crippen MR) is 160 cm³/mol. The van der Waals surface area contributed by atoms with Crippen LogP contribution in [0.4, 0.5) is 5.69 Å². The molecule has 0 saturated carbocycles. The van der Waals surface area contributed by atoms with E-state index in [4.69, 9.17) is 4.98 Å². The first-order chi connectivity index (χ1) is 20.3. The standard InChI is InChI=1S/C31H26N6O4S/c1-17-8-10-19(11-9-17)27-24(42-30(36-27)20-5-4-14-32-16-20)15-26(39)34-22-7-3-6-21-28(22)33-18(2)37(31(21)41)23-12-13-25(38)35-29(23)40/h3-11,14,16,23H,12-13,15H2,1-2H3,(H,34,39)(H,35,38,40). The van der Waals surface area contributed by atoms with Gasteiger partial charge < -0.3 is 5.32 Å². The molecule has 1 unspecified atom stereocenters. The van der Waals surface area contributed by atoms with Crippen molar-refractivity contribution in [1.82, 2.24) is 24.8 Å². The lowest BCUT2D eigenvalue weighted by molar-refractivity contribution is -0.135. The minimum Gasteiger partial charge on any atom is -0.324 e. The van der Waals surface area contributed by atoms with E-state index in [2.05, 4.69) is 20.6 Å². The van der Waals surface area contributed by atoms with Gasteiger partial charge in [0.2, 0.25) is 17.7 Å². The topological polar surface area (TPSA) is 136 Å². The molecule has 3 aromatic heterocycles. The van der Waals surface area contributed by atoms with Crippen molar-refractivity contribution in [3.05, 3.63) is 93.6 Å². The Morgan fingerprint density at radius 3 is 2.57 bits per heavy atom. The lowest BCUT2D eigenvalue weighted by Crippen LogP contribution is -2.45. The molecule has 5 aromatic rings. The summed E-state index contributed by atoms with van der Waals surface area (Å²) < 4.78 is 1.32. The number of hydrogen-bond donors (Lipinski definition) is 2. The van der Waals surface area contributed by atoms with E-state index < -0.39 is 17.5 Å². The van der Waals surface area contributed by atoms with Crippen LogP contribution in [0.1, 0.15) is 35.1 Å². The Balaban J connectivity index is 1.32. The lowest BCUT2D eigenvalue weighted by atomic mass is 10.1. The minimum atomic E-state index is -0.828. The highest BCUT2D eigenvalue weighted by Gasteiger charge is 2.30. The van der Waals surface area contributed by atoms with Crippen molar-refractivity contribution in [1.29, 1.82) is 0 Å². The number of imide groups is 1. The second kappa shape index (κ2) is 11.1. The Hall–Kier alpha value is -5.03. The van der Waals surface area contributed by atoms with Gasteiger partial charge in [0.25, 0.3) is 5.56 Å². The zero-order chi connectivity index (χ0) is 29.4. The number of anilines is 1. The Morgan fingerprint density at radius 2 is 1.83 bits per heavy atom. The number of fused-ring (bicyclic) bond motifs is 1. The van der Waals surface area contributed by atoms with E-state index in [0.29, 0.717) is 17.0 Å². The summed E-state index contributed by atoms with van der Waals surface area (Å²) in [6, 6.07) is 15.9. The Kier molecular flexibility index (Phi) is 7.17. The number of thiazole rings is 1. The maximum atomic E-state index is 13.5. The van der Waals surface area contributed by atoms with Gasteiger partial charge in [-0.15, -0.1) is 11.3 Å². The number of rotatable bonds is 6. The molecule has 1 aliphatic rings. The number of piperidine rings is 1. The average molecular weight is 579 g/mol. The van der Waals surface area contributed by atoms with E-state index in [0.717, 1.165) is 32.3 Å². The zero-order valence-corrected chi connectivity index (χ0v) is 23.7. The van der Waals surface area contributed by atoms with Crippen LogP contribution in [0.15, 0.2) is 71.8 Å². The van der Waals surface area contributed by atoms with Gasteiger partial charge in [0.1, 0.15) is 22.4 Å². The molecule has 210 valence electrons. The number of aromatic nitrogens is 4. The molecule has 4 heterocycles. The number of nitrogens with one attached hydrogen (secondary N) is 2. The number of carbonyl (C=O) groups excluding carboxylic acids is 3. The van der Waals surface area contributed by atoms with Crippen LogP contribution < -0.4 is 16.2 Å². The molecule has 2 N–H and O–H groups in total. The third-order valence-corrected chi connectivity index (χ3v) is 8.26. The number of carbonyl (C=O) groups is 3. The Morgan fingerprint density at radius 1 is 1.02 bits per heavy atom. The molecule has 10 nitrogen and oxygen atoms in total. The summed E-state index contributed by atoms with van der Waals surface area (Å²) in [4.78, 5) is 65.5. The largest absolute Gasteiger partial charge is 0.324 e.